The Balaban J connectivity index is 2.19. The number of ether oxygens (including phenoxy) is 1. The molecule has 0 aromatic heterocycles. The summed E-state index contributed by atoms with van der Waals surface area (Å²) in [6.45, 7) is 2.35. The molecule has 2 amide bonds. The van der Waals surface area contributed by atoms with Crippen molar-refractivity contribution in [3.8, 4) is 0 Å². The highest BCUT2D eigenvalue weighted by atomic mass is 16.6. The summed E-state index contributed by atoms with van der Waals surface area (Å²) >= 11 is 0. The number of carbonyl (C=O) groups excluding carboxylic acids is 3. The second-order valence-corrected chi connectivity index (χ2v) is 5.12. The second kappa shape index (κ2) is 7.53. The molecule has 1 aromatic rings. The third-order valence-corrected chi connectivity index (χ3v) is 3.58. The normalized spacial score (nSPS) is 17.1. The van der Waals surface area contributed by atoms with E-state index < -0.39 is 28.7 Å². The lowest BCUT2D eigenvalue weighted by atomic mass is 10.1. The summed E-state index contributed by atoms with van der Waals surface area (Å²) in [6.07, 6.45) is -0.238. The molecule has 128 valence electrons. The van der Waals surface area contributed by atoms with Crippen LogP contribution in [0.15, 0.2) is 24.3 Å². The average Bonchev–Trinajstić information content (AvgIpc) is 2.56. The maximum Gasteiger partial charge on any atom is 0.308 e. The molecule has 9 heteroatoms. The zero-order chi connectivity index (χ0) is 17.7. The predicted octanol–water partition coefficient (Wildman–Crippen LogP) is 0.489. The number of esters is 1. The van der Waals surface area contributed by atoms with E-state index in [9.17, 15) is 24.5 Å². The predicted molar refractivity (Wildman–Crippen MR) is 82.2 cm³/mol. The van der Waals surface area contributed by atoms with Gasteiger partial charge in [0.2, 0.25) is 5.91 Å². The Hall–Kier alpha value is -2.97. The fraction of sp³-hybridized carbons (Fsp3) is 0.400. The quantitative estimate of drug-likeness (QED) is 0.475. The molecule has 1 aromatic carbocycles. The lowest BCUT2D eigenvalue weighted by Crippen LogP contribution is -2.57. The minimum absolute atomic E-state index is 0.133. The molecular weight excluding hydrogens is 318 g/mol. The molecule has 2 rings (SSSR count). The van der Waals surface area contributed by atoms with E-state index in [-0.39, 0.29) is 37.4 Å². The van der Waals surface area contributed by atoms with Crippen LogP contribution in [0.25, 0.3) is 0 Å². The molecule has 1 fully saturated rings. The van der Waals surface area contributed by atoms with Gasteiger partial charge in [-0.15, -0.1) is 0 Å². The van der Waals surface area contributed by atoms with Crippen LogP contribution in [-0.2, 0) is 14.3 Å². The first kappa shape index (κ1) is 17.4. The van der Waals surface area contributed by atoms with Gasteiger partial charge in [0.15, 0.2) is 0 Å². The van der Waals surface area contributed by atoms with Gasteiger partial charge in [0.1, 0.15) is 6.04 Å². The standard InChI is InChI=1S/C15H17N3O6/c1-2-24-13(19)9-12-14(20)16-7-8-17(12)15(21)10-3-5-11(6-4-10)18(22)23/h3-6,12H,2,7-9H2,1H3,(H,16,20)/t12-/m1/s1. The molecule has 1 atom stereocenters. The minimum Gasteiger partial charge on any atom is -0.466 e. The highest BCUT2D eigenvalue weighted by Crippen LogP contribution is 2.17. The third kappa shape index (κ3) is 3.86. The van der Waals surface area contributed by atoms with Crippen LogP contribution in [0.1, 0.15) is 23.7 Å². The fourth-order valence-electron chi connectivity index (χ4n) is 2.43. The first-order chi connectivity index (χ1) is 11.4. The number of hydrogen-bond donors (Lipinski definition) is 1. The van der Waals surface area contributed by atoms with Crippen LogP contribution in [0.5, 0.6) is 0 Å². The largest absolute Gasteiger partial charge is 0.466 e. The summed E-state index contributed by atoms with van der Waals surface area (Å²) in [7, 11) is 0. The van der Waals surface area contributed by atoms with Crippen molar-refractivity contribution in [3.63, 3.8) is 0 Å². The van der Waals surface area contributed by atoms with Crippen molar-refractivity contribution in [1.82, 2.24) is 10.2 Å². The number of nitrogens with zero attached hydrogens (tertiary/aromatic N) is 2. The van der Waals surface area contributed by atoms with Gasteiger partial charge in [-0.05, 0) is 19.1 Å². The number of nitro groups is 1. The molecule has 0 unspecified atom stereocenters. The molecule has 0 aliphatic carbocycles. The topological polar surface area (TPSA) is 119 Å². The molecule has 1 aliphatic rings. The van der Waals surface area contributed by atoms with Crippen LogP contribution >= 0.6 is 0 Å². The number of amides is 2. The van der Waals surface area contributed by atoms with Crippen LogP contribution < -0.4 is 5.32 Å². The summed E-state index contributed by atoms with van der Waals surface area (Å²) in [6, 6.07) is 4.14. The molecule has 9 nitrogen and oxygen atoms in total. The van der Waals surface area contributed by atoms with Gasteiger partial charge in [-0.3, -0.25) is 24.5 Å². The van der Waals surface area contributed by atoms with E-state index in [2.05, 4.69) is 5.32 Å². The number of nitro benzene ring substituents is 1. The van der Waals surface area contributed by atoms with Crippen LogP contribution in [0.3, 0.4) is 0 Å². The summed E-state index contributed by atoms with van der Waals surface area (Å²) in [5.74, 6) is -1.46. The minimum atomic E-state index is -0.958. The highest BCUT2D eigenvalue weighted by Gasteiger charge is 2.35. The highest BCUT2D eigenvalue weighted by molar-refractivity contribution is 5.99. The lowest BCUT2D eigenvalue weighted by molar-refractivity contribution is -0.384. The first-order valence-electron chi connectivity index (χ1n) is 7.42. The van der Waals surface area contributed by atoms with E-state index in [1.54, 1.807) is 6.92 Å². The van der Waals surface area contributed by atoms with Crippen molar-refractivity contribution in [1.29, 1.82) is 0 Å². The van der Waals surface area contributed by atoms with E-state index in [4.69, 9.17) is 4.74 Å². The van der Waals surface area contributed by atoms with E-state index in [1.807, 2.05) is 0 Å². The molecule has 1 saturated heterocycles. The maximum atomic E-state index is 12.6. The van der Waals surface area contributed by atoms with Crippen LogP contribution in [0, 0.1) is 10.1 Å². The van der Waals surface area contributed by atoms with Gasteiger partial charge < -0.3 is 15.0 Å². The maximum absolute atomic E-state index is 12.6. The number of piperazine rings is 1. The Kier molecular flexibility index (Phi) is 5.46. The lowest BCUT2D eigenvalue weighted by Gasteiger charge is -2.34. The van der Waals surface area contributed by atoms with E-state index in [0.717, 1.165) is 0 Å². The number of non-ortho nitro benzene ring substituents is 1. The summed E-state index contributed by atoms with van der Waals surface area (Å²) in [4.78, 5) is 47.7. The SMILES string of the molecule is CCOC(=O)C[C@@H]1C(=O)NCCN1C(=O)c1ccc([N+](=O)[O-])cc1. The Morgan fingerprint density at radius 3 is 2.62 bits per heavy atom. The van der Waals surface area contributed by atoms with Crippen LogP contribution in [0.4, 0.5) is 5.69 Å². The number of hydrogen-bond acceptors (Lipinski definition) is 6. The van der Waals surface area contributed by atoms with Crippen molar-refractivity contribution in [2.75, 3.05) is 19.7 Å². The molecule has 0 radical (unpaired) electrons. The van der Waals surface area contributed by atoms with E-state index >= 15 is 0 Å². The average molecular weight is 335 g/mol. The fourth-order valence-corrected chi connectivity index (χ4v) is 2.43. The molecule has 24 heavy (non-hydrogen) atoms. The van der Waals surface area contributed by atoms with Crippen LogP contribution in [0.2, 0.25) is 0 Å². The number of nitrogens with one attached hydrogen (secondary N) is 1. The molecular formula is C15H17N3O6. The van der Waals surface area contributed by atoms with Gasteiger partial charge in [0.25, 0.3) is 11.6 Å². The van der Waals surface area contributed by atoms with Crippen molar-refractivity contribution >= 4 is 23.5 Å². The van der Waals surface area contributed by atoms with Gasteiger partial charge in [-0.2, -0.15) is 0 Å². The Morgan fingerprint density at radius 2 is 2.04 bits per heavy atom. The smallest absolute Gasteiger partial charge is 0.308 e. The summed E-state index contributed by atoms with van der Waals surface area (Å²) < 4.78 is 4.84. The molecule has 0 bridgehead atoms. The zero-order valence-electron chi connectivity index (χ0n) is 13.1. The molecule has 1 heterocycles. The number of benzene rings is 1. The molecule has 1 N–H and O–H groups in total. The summed E-state index contributed by atoms with van der Waals surface area (Å²) in [5, 5.41) is 13.3. The first-order valence-corrected chi connectivity index (χ1v) is 7.42. The van der Waals surface area contributed by atoms with Gasteiger partial charge in [-0.1, -0.05) is 0 Å². The third-order valence-electron chi connectivity index (χ3n) is 3.58. The van der Waals surface area contributed by atoms with E-state index in [1.165, 1.54) is 29.2 Å². The molecule has 0 spiro atoms. The van der Waals surface area contributed by atoms with Gasteiger partial charge in [-0.25, -0.2) is 0 Å². The number of rotatable bonds is 5. The number of carbonyl (C=O) groups is 3. The van der Waals surface area contributed by atoms with Gasteiger partial charge >= 0.3 is 5.97 Å². The summed E-state index contributed by atoms with van der Waals surface area (Å²) in [5.41, 5.74) is 0.0789. The monoisotopic (exact) mass is 335 g/mol. The van der Waals surface area contributed by atoms with Gasteiger partial charge in [0.05, 0.1) is 18.0 Å². The second-order valence-electron chi connectivity index (χ2n) is 5.12. The van der Waals surface area contributed by atoms with Crippen molar-refractivity contribution in [2.24, 2.45) is 0 Å². The zero-order valence-corrected chi connectivity index (χ0v) is 13.1. The van der Waals surface area contributed by atoms with Crippen LogP contribution in [-0.4, -0.2) is 53.3 Å². The molecule has 0 saturated carbocycles. The Labute approximate surface area is 137 Å². The Morgan fingerprint density at radius 1 is 1.38 bits per heavy atom. The van der Waals surface area contributed by atoms with Crippen molar-refractivity contribution < 1.29 is 24.0 Å². The van der Waals surface area contributed by atoms with Crippen molar-refractivity contribution in [2.45, 2.75) is 19.4 Å². The van der Waals surface area contributed by atoms with Gasteiger partial charge in [0, 0.05) is 30.8 Å². The Bertz CT molecular complexity index is 658. The molecule has 1 aliphatic heterocycles. The van der Waals surface area contributed by atoms with Crippen molar-refractivity contribution in [3.05, 3.63) is 39.9 Å². The van der Waals surface area contributed by atoms with E-state index in [0.29, 0.717) is 0 Å².